The fourth-order valence-electron chi connectivity index (χ4n) is 2.07. The van der Waals surface area contributed by atoms with E-state index < -0.39 is 4.92 Å². The second kappa shape index (κ2) is 4.47. The van der Waals surface area contributed by atoms with Gasteiger partial charge in [0.25, 0.3) is 5.69 Å². The second-order valence-corrected chi connectivity index (χ2v) is 4.33. The van der Waals surface area contributed by atoms with Crippen molar-refractivity contribution < 1.29 is 4.92 Å². The highest BCUT2D eigenvalue weighted by atomic mass is 16.6. The van der Waals surface area contributed by atoms with Crippen LogP contribution in [0.2, 0.25) is 0 Å². The third-order valence-electron chi connectivity index (χ3n) is 2.92. The van der Waals surface area contributed by atoms with Crippen molar-refractivity contribution in [3.63, 3.8) is 0 Å². The lowest BCUT2D eigenvalue weighted by molar-refractivity contribution is -0.385. The zero-order valence-electron chi connectivity index (χ0n) is 9.30. The molecule has 5 nitrogen and oxygen atoms in total. The molecule has 0 N–H and O–H groups in total. The fourth-order valence-corrected chi connectivity index (χ4v) is 2.07. The topological polar surface area (TPSA) is 59.3 Å². The zero-order valence-corrected chi connectivity index (χ0v) is 9.30. The molecule has 86 valence electrons. The van der Waals surface area contributed by atoms with Crippen LogP contribution in [0.25, 0.3) is 0 Å². The quantitative estimate of drug-likeness (QED) is 0.567. The van der Waals surface area contributed by atoms with Crippen LogP contribution in [0.4, 0.5) is 11.5 Å². The maximum atomic E-state index is 10.5. The molecular weight excluding hydrogens is 206 g/mol. The number of hydrogen-bond donors (Lipinski definition) is 0. The summed E-state index contributed by atoms with van der Waals surface area (Å²) in [5, 5.41) is 10.5. The third-order valence-corrected chi connectivity index (χ3v) is 2.92. The van der Waals surface area contributed by atoms with E-state index >= 15 is 0 Å². The van der Waals surface area contributed by atoms with Gasteiger partial charge in [-0.2, -0.15) is 0 Å². The molecule has 2 rings (SSSR count). The summed E-state index contributed by atoms with van der Waals surface area (Å²) in [7, 11) is 0. The maximum Gasteiger partial charge on any atom is 0.287 e. The van der Waals surface area contributed by atoms with Gasteiger partial charge >= 0.3 is 0 Å². The Morgan fingerprint density at radius 3 is 2.94 bits per heavy atom. The van der Waals surface area contributed by atoms with E-state index in [4.69, 9.17) is 0 Å². The number of piperidine rings is 1. The lowest BCUT2D eigenvalue weighted by Crippen LogP contribution is -2.34. The molecule has 0 aromatic carbocycles. The molecule has 1 saturated heterocycles. The van der Waals surface area contributed by atoms with Crippen LogP contribution in [0.3, 0.4) is 0 Å². The smallest absolute Gasteiger partial charge is 0.287 e. The Balaban J connectivity index is 2.11. The molecule has 5 heteroatoms. The van der Waals surface area contributed by atoms with Crippen molar-refractivity contribution in [3.05, 3.63) is 28.4 Å². The number of rotatable bonds is 2. The SMILES string of the molecule is CC1CCCN(c2ccc([N+](=O)[O-])cn2)C1. The van der Waals surface area contributed by atoms with Crippen LogP contribution in [0.15, 0.2) is 18.3 Å². The van der Waals surface area contributed by atoms with Crippen LogP contribution in [0.5, 0.6) is 0 Å². The number of nitrogens with zero attached hydrogens (tertiary/aromatic N) is 3. The molecule has 0 amide bonds. The molecule has 1 unspecified atom stereocenters. The van der Waals surface area contributed by atoms with Gasteiger partial charge in [-0.3, -0.25) is 10.1 Å². The van der Waals surface area contributed by atoms with E-state index in [-0.39, 0.29) is 5.69 Å². The number of anilines is 1. The van der Waals surface area contributed by atoms with Crippen LogP contribution in [0, 0.1) is 16.0 Å². The lowest BCUT2D eigenvalue weighted by atomic mass is 10.0. The molecule has 0 aliphatic carbocycles. The van der Waals surface area contributed by atoms with Crippen molar-refractivity contribution in [3.8, 4) is 0 Å². The van der Waals surface area contributed by atoms with Gasteiger partial charge in [0.2, 0.25) is 0 Å². The van der Waals surface area contributed by atoms with Crippen LogP contribution in [-0.2, 0) is 0 Å². The highest BCUT2D eigenvalue weighted by Crippen LogP contribution is 2.22. The minimum atomic E-state index is -0.421. The molecule has 1 aliphatic heterocycles. The lowest BCUT2D eigenvalue weighted by Gasteiger charge is -2.31. The maximum absolute atomic E-state index is 10.5. The van der Waals surface area contributed by atoms with E-state index in [0.717, 1.165) is 18.9 Å². The molecule has 0 saturated carbocycles. The number of aromatic nitrogens is 1. The summed E-state index contributed by atoms with van der Waals surface area (Å²) in [6, 6.07) is 3.25. The molecule has 1 aromatic rings. The van der Waals surface area contributed by atoms with Crippen LogP contribution >= 0.6 is 0 Å². The Hall–Kier alpha value is -1.65. The normalized spacial score (nSPS) is 20.8. The summed E-state index contributed by atoms with van der Waals surface area (Å²) in [5.74, 6) is 1.52. The van der Waals surface area contributed by atoms with Gasteiger partial charge in [-0.05, 0) is 24.8 Å². The van der Waals surface area contributed by atoms with Gasteiger partial charge in [-0.25, -0.2) is 4.98 Å². The third kappa shape index (κ3) is 2.29. The molecule has 1 aliphatic rings. The van der Waals surface area contributed by atoms with E-state index in [1.54, 1.807) is 6.07 Å². The highest BCUT2D eigenvalue weighted by Gasteiger charge is 2.18. The number of pyridine rings is 1. The van der Waals surface area contributed by atoms with Crippen molar-refractivity contribution in [1.82, 2.24) is 4.98 Å². The molecule has 0 spiro atoms. The summed E-state index contributed by atoms with van der Waals surface area (Å²) in [5.41, 5.74) is 0.0498. The first-order chi connectivity index (χ1) is 7.66. The summed E-state index contributed by atoms with van der Waals surface area (Å²) < 4.78 is 0. The van der Waals surface area contributed by atoms with E-state index in [1.807, 2.05) is 0 Å². The van der Waals surface area contributed by atoms with Crippen molar-refractivity contribution in [2.24, 2.45) is 5.92 Å². The predicted molar refractivity (Wildman–Crippen MR) is 61.5 cm³/mol. The van der Waals surface area contributed by atoms with Gasteiger partial charge in [0.05, 0.1) is 4.92 Å². The van der Waals surface area contributed by atoms with Gasteiger partial charge in [0.15, 0.2) is 0 Å². The molecule has 2 heterocycles. The van der Waals surface area contributed by atoms with Crippen molar-refractivity contribution in [2.45, 2.75) is 19.8 Å². The average Bonchev–Trinajstić information content (AvgIpc) is 2.29. The van der Waals surface area contributed by atoms with E-state index in [1.165, 1.54) is 25.1 Å². The minimum Gasteiger partial charge on any atom is -0.356 e. The molecule has 16 heavy (non-hydrogen) atoms. The van der Waals surface area contributed by atoms with E-state index in [2.05, 4.69) is 16.8 Å². The fraction of sp³-hybridized carbons (Fsp3) is 0.545. The highest BCUT2D eigenvalue weighted by molar-refractivity contribution is 5.43. The van der Waals surface area contributed by atoms with Gasteiger partial charge in [-0.1, -0.05) is 6.92 Å². The first-order valence-electron chi connectivity index (χ1n) is 5.52. The monoisotopic (exact) mass is 221 g/mol. The van der Waals surface area contributed by atoms with Gasteiger partial charge in [-0.15, -0.1) is 0 Å². The standard InChI is InChI=1S/C11H15N3O2/c1-9-3-2-6-13(8-9)11-5-4-10(7-12-11)14(15)16/h4-5,7,9H,2-3,6,8H2,1H3. The van der Waals surface area contributed by atoms with Crippen LogP contribution < -0.4 is 4.90 Å². The summed E-state index contributed by atoms with van der Waals surface area (Å²) in [6.07, 6.45) is 3.75. The second-order valence-electron chi connectivity index (χ2n) is 4.33. The first-order valence-corrected chi connectivity index (χ1v) is 5.52. The summed E-state index contributed by atoms with van der Waals surface area (Å²) in [4.78, 5) is 16.4. The van der Waals surface area contributed by atoms with E-state index in [0.29, 0.717) is 5.92 Å². The molecule has 1 aromatic heterocycles. The molecular formula is C11H15N3O2. The Bertz CT molecular complexity index is 377. The average molecular weight is 221 g/mol. The van der Waals surface area contributed by atoms with Crippen molar-refractivity contribution in [2.75, 3.05) is 18.0 Å². The van der Waals surface area contributed by atoms with Gasteiger partial charge in [0.1, 0.15) is 12.0 Å². The molecule has 0 radical (unpaired) electrons. The first kappa shape index (κ1) is 10.9. The van der Waals surface area contributed by atoms with Gasteiger partial charge in [0, 0.05) is 19.2 Å². The minimum absolute atomic E-state index is 0.0498. The Labute approximate surface area is 94.2 Å². The Morgan fingerprint density at radius 1 is 1.56 bits per heavy atom. The zero-order chi connectivity index (χ0) is 11.5. The van der Waals surface area contributed by atoms with Gasteiger partial charge < -0.3 is 4.90 Å². The Kier molecular flexibility index (Phi) is 3.03. The molecule has 1 fully saturated rings. The van der Waals surface area contributed by atoms with Crippen molar-refractivity contribution >= 4 is 11.5 Å². The van der Waals surface area contributed by atoms with E-state index in [9.17, 15) is 10.1 Å². The number of hydrogen-bond acceptors (Lipinski definition) is 4. The summed E-state index contributed by atoms with van der Waals surface area (Å²) >= 11 is 0. The predicted octanol–water partition coefficient (Wildman–Crippen LogP) is 2.23. The number of nitro groups is 1. The van der Waals surface area contributed by atoms with Crippen molar-refractivity contribution in [1.29, 1.82) is 0 Å². The molecule has 1 atom stereocenters. The summed E-state index contributed by atoms with van der Waals surface area (Å²) in [6.45, 7) is 4.21. The largest absolute Gasteiger partial charge is 0.356 e. The van der Waals surface area contributed by atoms with Crippen LogP contribution in [0.1, 0.15) is 19.8 Å². The van der Waals surface area contributed by atoms with Crippen LogP contribution in [-0.4, -0.2) is 23.0 Å². The molecule has 0 bridgehead atoms. The Morgan fingerprint density at radius 2 is 2.38 bits per heavy atom.